The molecule has 0 fully saturated rings. The molecule has 4 rings (SSSR count). The van der Waals surface area contributed by atoms with Gasteiger partial charge in [-0.15, -0.1) is 11.3 Å². The van der Waals surface area contributed by atoms with Crippen molar-refractivity contribution in [3.63, 3.8) is 0 Å². The molecule has 0 amide bonds. The number of aryl methyl sites for hydroxylation is 1. The number of hydrogen-bond donors (Lipinski definition) is 1. The number of non-ortho nitro benzene ring substituents is 1. The summed E-state index contributed by atoms with van der Waals surface area (Å²) in [5.41, 5.74) is 3.22. The monoisotopic (exact) mass is 378 g/mol. The summed E-state index contributed by atoms with van der Waals surface area (Å²) in [6, 6.07) is 11.7. The summed E-state index contributed by atoms with van der Waals surface area (Å²) in [6.45, 7) is 1.97. The van der Waals surface area contributed by atoms with E-state index in [9.17, 15) is 15.3 Å². The van der Waals surface area contributed by atoms with Crippen molar-refractivity contribution in [2.24, 2.45) is 0 Å². The lowest BCUT2D eigenvalue weighted by atomic mass is 10.1. The second kappa shape index (κ2) is 6.65. The van der Waals surface area contributed by atoms with Crippen LogP contribution in [0, 0.1) is 17.0 Å². The molecule has 8 heteroatoms. The fourth-order valence-electron chi connectivity index (χ4n) is 2.86. The molecule has 134 valence electrons. The quantitative estimate of drug-likeness (QED) is 0.313. The van der Waals surface area contributed by atoms with Crippen LogP contribution in [0.1, 0.15) is 5.56 Å². The van der Waals surface area contributed by atoms with Crippen LogP contribution in [0.3, 0.4) is 0 Å². The highest BCUT2D eigenvalue weighted by atomic mass is 32.1. The van der Waals surface area contributed by atoms with Crippen molar-refractivity contribution in [1.82, 2.24) is 14.7 Å². The number of nitro benzene ring substituents is 1. The van der Waals surface area contributed by atoms with Gasteiger partial charge in [0.25, 0.3) is 5.69 Å². The van der Waals surface area contributed by atoms with E-state index >= 15 is 0 Å². The second-order valence-electron chi connectivity index (χ2n) is 5.98. The number of benzene rings is 1. The van der Waals surface area contributed by atoms with Gasteiger partial charge in [0.1, 0.15) is 11.4 Å². The van der Waals surface area contributed by atoms with Crippen LogP contribution < -0.4 is 0 Å². The largest absolute Gasteiger partial charge is 0.426 e. The molecule has 0 saturated carbocycles. The summed E-state index contributed by atoms with van der Waals surface area (Å²) in [4.78, 5) is 20.1. The number of rotatable bonds is 4. The Balaban J connectivity index is 1.97. The van der Waals surface area contributed by atoms with E-state index in [1.54, 1.807) is 36.7 Å². The molecule has 4 aromatic rings. The van der Waals surface area contributed by atoms with Gasteiger partial charge in [-0.05, 0) is 36.1 Å². The minimum absolute atomic E-state index is 0.0332. The van der Waals surface area contributed by atoms with Crippen LogP contribution in [-0.4, -0.2) is 24.8 Å². The van der Waals surface area contributed by atoms with Gasteiger partial charge in [-0.25, -0.2) is 4.98 Å². The first-order valence-corrected chi connectivity index (χ1v) is 8.95. The number of hydrogen-bond acceptors (Lipinski definition) is 6. The topological polar surface area (TPSA) is 94.1 Å². The number of aromatic nitrogens is 3. The average molecular weight is 378 g/mol. The average Bonchev–Trinajstić information content (AvgIpc) is 3.25. The number of nitrogens with zero attached hydrogens (tertiary/aromatic N) is 4. The molecule has 0 saturated heterocycles. The maximum Gasteiger partial charge on any atom is 0.270 e. The molecule has 0 atom stereocenters. The first-order valence-electron chi connectivity index (χ1n) is 8.07. The zero-order valence-electron chi connectivity index (χ0n) is 14.2. The highest BCUT2D eigenvalue weighted by molar-refractivity contribution is 7.13. The third-order valence-corrected chi connectivity index (χ3v) is 5.13. The van der Waals surface area contributed by atoms with Gasteiger partial charge >= 0.3 is 0 Å². The molecule has 0 aliphatic rings. The molecule has 0 radical (unpaired) electrons. The Bertz CT molecular complexity index is 1140. The van der Waals surface area contributed by atoms with Crippen molar-refractivity contribution in [2.75, 3.05) is 0 Å². The minimum atomic E-state index is -0.449. The smallest absolute Gasteiger partial charge is 0.270 e. The van der Waals surface area contributed by atoms with Crippen LogP contribution in [0.5, 0.6) is 0 Å². The van der Waals surface area contributed by atoms with Crippen molar-refractivity contribution in [3.05, 3.63) is 75.9 Å². The second-order valence-corrected chi connectivity index (χ2v) is 6.89. The highest BCUT2D eigenvalue weighted by Crippen LogP contribution is 2.37. The Hall–Kier alpha value is -3.52. The molecular weight excluding hydrogens is 364 g/mol. The predicted octanol–water partition coefficient (Wildman–Crippen LogP) is 4.79. The fraction of sp³-hybridized carbons (Fsp3) is 0.0526. The Morgan fingerprint density at radius 1 is 1.15 bits per heavy atom. The first kappa shape index (κ1) is 16.9. The summed E-state index contributed by atoms with van der Waals surface area (Å²) in [5, 5.41) is 24.0. The predicted molar refractivity (Wildman–Crippen MR) is 103 cm³/mol. The Labute approximate surface area is 158 Å². The van der Waals surface area contributed by atoms with Gasteiger partial charge in [0.2, 0.25) is 0 Å². The van der Waals surface area contributed by atoms with E-state index in [2.05, 4.69) is 9.97 Å². The van der Waals surface area contributed by atoms with Crippen LogP contribution in [0.15, 0.2) is 60.2 Å². The van der Waals surface area contributed by atoms with Crippen LogP contribution >= 0.6 is 11.3 Å². The van der Waals surface area contributed by atoms with Gasteiger partial charge in [0, 0.05) is 35.7 Å². The van der Waals surface area contributed by atoms with Gasteiger partial charge in [0.05, 0.1) is 9.80 Å². The van der Waals surface area contributed by atoms with E-state index in [1.807, 2.05) is 18.4 Å². The minimum Gasteiger partial charge on any atom is -0.426 e. The van der Waals surface area contributed by atoms with Gasteiger partial charge < -0.3 is 5.21 Å². The van der Waals surface area contributed by atoms with Gasteiger partial charge in [-0.1, -0.05) is 12.1 Å². The lowest BCUT2D eigenvalue weighted by Gasteiger charge is -2.06. The molecule has 1 N–H and O–H groups in total. The fourth-order valence-corrected chi connectivity index (χ4v) is 3.73. The molecular formula is C19H14N4O3S. The Morgan fingerprint density at radius 2 is 1.93 bits per heavy atom. The van der Waals surface area contributed by atoms with E-state index in [0.29, 0.717) is 28.3 Å². The highest BCUT2D eigenvalue weighted by Gasteiger charge is 2.23. The maximum atomic E-state index is 11.2. The van der Waals surface area contributed by atoms with Crippen LogP contribution in [0.2, 0.25) is 0 Å². The molecule has 0 aliphatic carbocycles. The van der Waals surface area contributed by atoms with E-state index in [1.165, 1.54) is 23.5 Å². The normalized spacial score (nSPS) is 10.9. The lowest BCUT2D eigenvalue weighted by Crippen LogP contribution is -1.96. The van der Waals surface area contributed by atoms with E-state index < -0.39 is 4.92 Å². The van der Waals surface area contributed by atoms with Gasteiger partial charge in [-0.2, -0.15) is 4.73 Å². The van der Waals surface area contributed by atoms with Crippen LogP contribution in [0.4, 0.5) is 5.69 Å². The summed E-state index contributed by atoms with van der Waals surface area (Å²) in [6.07, 6.45) is 3.24. The number of pyridine rings is 1. The third kappa shape index (κ3) is 3.06. The maximum absolute atomic E-state index is 11.2. The third-order valence-electron chi connectivity index (χ3n) is 4.09. The molecule has 0 spiro atoms. The standard InChI is InChI=1S/C19H14N4O3S/c1-12-9-16(27-11-12)19-21-17(14-3-2-4-15(10-14)23(25)26)18(22(19)24)13-5-7-20-8-6-13/h2-11,24H,1H3. The van der Waals surface area contributed by atoms with E-state index in [-0.39, 0.29) is 5.69 Å². The number of imidazole rings is 1. The van der Waals surface area contributed by atoms with Crippen molar-refractivity contribution < 1.29 is 10.1 Å². The zero-order valence-corrected chi connectivity index (χ0v) is 15.1. The lowest BCUT2D eigenvalue weighted by molar-refractivity contribution is -0.384. The Morgan fingerprint density at radius 3 is 2.59 bits per heavy atom. The van der Waals surface area contributed by atoms with Gasteiger partial charge in [-0.3, -0.25) is 15.1 Å². The van der Waals surface area contributed by atoms with E-state index in [4.69, 9.17) is 0 Å². The molecule has 0 aliphatic heterocycles. The summed E-state index contributed by atoms with van der Waals surface area (Å²) >= 11 is 1.47. The van der Waals surface area contributed by atoms with Crippen LogP contribution in [0.25, 0.3) is 33.2 Å². The van der Waals surface area contributed by atoms with Crippen molar-refractivity contribution in [2.45, 2.75) is 6.92 Å². The zero-order chi connectivity index (χ0) is 19.0. The molecule has 3 heterocycles. The Kier molecular flexibility index (Phi) is 4.17. The van der Waals surface area contributed by atoms with Crippen molar-refractivity contribution in [1.29, 1.82) is 0 Å². The first-order chi connectivity index (χ1) is 13.0. The summed E-state index contributed by atoms with van der Waals surface area (Å²) in [7, 11) is 0. The summed E-state index contributed by atoms with van der Waals surface area (Å²) < 4.78 is 1.04. The molecule has 27 heavy (non-hydrogen) atoms. The SMILES string of the molecule is Cc1csc(-c2nc(-c3cccc([N+](=O)[O-])c3)c(-c3ccncc3)n2O)c1. The molecule has 7 nitrogen and oxygen atoms in total. The molecule has 0 bridgehead atoms. The van der Waals surface area contributed by atoms with Crippen molar-refractivity contribution in [3.8, 4) is 33.2 Å². The van der Waals surface area contributed by atoms with Crippen LogP contribution in [-0.2, 0) is 0 Å². The van der Waals surface area contributed by atoms with E-state index in [0.717, 1.165) is 15.2 Å². The summed E-state index contributed by atoms with van der Waals surface area (Å²) in [5.74, 6) is 0.390. The molecule has 3 aromatic heterocycles. The molecule has 1 aromatic carbocycles. The van der Waals surface area contributed by atoms with Crippen molar-refractivity contribution >= 4 is 17.0 Å². The number of thiophene rings is 1. The van der Waals surface area contributed by atoms with Gasteiger partial charge in [0.15, 0.2) is 5.82 Å². The molecule has 0 unspecified atom stereocenters. The number of nitro groups is 1.